The number of carboxylic acid groups (broad SMARTS) is 1. The first-order valence-corrected chi connectivity index (χ1v) is 15.2. The first kappa shape index (κ1) is 25.6. The van der Waals surface area contributed by atoms with E-state index < -0.39 is 13.3 Å². The Kier molecular flexibility index (Phi) is 6.44. The van der Waals surface area contributed by atoms with Gasteiger partial charge in [-0.3, -0.25) is 0 Å². The molecule has 39 heavy (non-hydrogen) atoms. The van der Waals surface area contributed by atoms with E-state index in [1.54, 1.807) is 18.2 Å². The number of aromatic carboxylic acids is 1. The van der Waals surface area contributed by atoms with Crippen LogP contribution in [0.1, 0.15) is 49.0 Å². The Morgan fingerprint density at radius 2 is 1.67 bits per heavy atom. The topological polar surface area (TPSA) is 71.7 Å². The van der Waals surface area contributed by atoms with E-state index in [9.17, 15) is 9.90 Å². The van der Waals surface area contributed by atoms with Crippen LogP contribution in [0.4, 0.5) is 17.1 Å². The minimum Gasteiger partial charge on any atom is -0.478 e. The number of anilines is 2. The normalized spacial score (nSPS) is 24.2. The smallest absolute Gasteiger partial charge is 0.335 e. The maximum atomic E-state index is 11.9. The zero-order chi connectivity index (χ0) is 27.2. The van der Waals surface area contributed by atoms with Gasteiger partial charge in [-0.05, 0) is 54.8 Å². The van der Waals surface area contributed by atoms with Crippen molar-refractivity contribution in [1.82, 2.24) is 4.67 Å². The van der Waals surface area contributed by atoms with Crippen molar-refractivity contribution in [2.75, 3.05) is 29.8 Å². The van der Waals surface area contributed by atoms with Crippen LogP contribution >= 0.6 is 7.36 Å². The number of rotatable bonds is 4. The Labute approximate surface area is 230 Å². The lowest BCUT2D eigenvalue weighted by Gasteiger charge is -2.43. The molecule has 1 N–H and O–H groups in total. The van der Waals surface area contributed by atoms with E-state index in [4.69, 9.17) is 9.85 Å². The lowest BCUT2D eigenvalue weighted by Crippen LogP contribution is -2.34. The molecule has 3 heterocycles. The fraction of sp³-hybridized carbons (Fsp3) is 0.290. The van der Waals surface area contributed by atoms with Crippen LogP contribution in [0.5, 0.6) is 0 Å². The second-order valence-corrected chi connectivity index (χ2v) is 13.6. The number of piperidine rings is 1. The molecule has 8 heteroatoms. The Balaban J connectivity index is 1.69. The van der Waals surface area contributed by atoms with E-state index in [2.05, 4.69) is 71.6 Å². The van der Waals surface area contributed by atoms with E-state index in [1.165, 1.54) is 23.4 Å². The molecule has 3 aromatic carbocycles. The van der Waals surface area contributed by atoms with Gasteiger partial charge >= 0.3 is 5.97 Å². The molecular weight excluding hydrogens is 505 g/mol. The third kappa shape index (κ3) is 4.12. The van der Waals surface area contributed by atoms with Gasteiger partial charge in [-0.15, -0.1) is 0 Å². The number of carboxylic acids is 1. The number of carbonyl (C=O) groups is 1. The molecule has 3 aliphatic heterocycles. The highest BCUT2D eigenvalue weighted by molar-refractivity contribution is 7.71. The SMILES string of the molecule is CN1C(=C2C=NN(c3ccccc3)P2(=Nc2cccc(C(=O)O)c2)N2CCCCC2)C(C)(C)c2ccccc21. The molecule has 0 radical (unpaired) electrons. The molecule has 0 aromatic heterocycles. The van der Waals surface area contributed by atoms with Gasteiger partial charge in [-0.1, -0.05) is 62.7 Å². The number of hydrogen-bond acceptors (Lipinski definition) is 4. The van der Waals surface area contributed by atoms with Crippen LogP contribution in [-0.2, 0) is 5.41 Å². The van der Waals surface area contributed by atoms with Gasteiger partial charge in [0.1, 0.15) is 0 Å². The third-order valence-corrected chi connectivity index (χ3v) is 11.6. The average Bonchev–Trinajstić information content (AvgIpc) is 3.41. The van der Waals surface area contributed by atoms with Gasteiger partial charge in [0, 0.05) is 36.9 Å². The highest BCUT2D eigenvalue weighted by Crippen LogP contribution is 2.71. The maximum absolute atomic E-state index is 11.9. The number of likely N-dealkylation sites (N-methyl/N-ethyl adjacent to an activating group) is 1. The van der Waals surface area contributed by atoms with Gasteiger partial charge in [-0.25, -0.2) is 19.0 Å². The summed E-state index contributed by atoms with van der Waals surface area (Å²) in [6.45, 7) is 6.40. The largest absolute Gasteiger partial charge is 0.478 e. The molecule has 1 unspecified atom stereocenters. The number of benzene rings is 3. The molecule has 1 saturated heterocycles. The van der Waals surface area contributed by atoms with E-state index in [0.717, 1.165) is 36.9 Å². The molecule has 0 aliphatic carbocycles. The van der Waals surface area contributed by atoms with Crippen molar-refractivity contribution in [3.8, 4) is 0 Å². The molecule has 7 nitrogen and oxygen atoms in total. The Morgan fingerprint density at radius 1 is 0.949 bits per heavy atom. The standard InChI is InChI=1S/C31H34N5O2P/c1-31(2)26-17-8-9-18-27(26)34(3)29(31)28-22-32-36(25-15-6-4-7-16-25)39(28,35-19-10-5-11-20-35)33-24-14-12-13-23(21-24)30(37)38/h4,6-9,12-18,21-22H,5,10-11,19-20H2,1-3H3,(H,37,38). The van der Waals surface area contributed by atoms with E-state index in [1.807, 2.05) is 30.5 Å². The third-order valence-electron chi connectivity index (χ3n) is 8.05. The van der Waals surface area contributed by atoms with Crippen LogP contribution < -0.4 is 9.68 Å². The summed E-state index contributed by atoms with van der Waals surface area (Å²) in [5.74, 6) is -0.953. The van der Waals surface area contributed by atoms with Crippen LogP contribution in [0.2, 0.25) is 0 Å². The molecule has 0 bridgehead atoms. The Hall–Kier alpha value is -3.67. The van der Waals surface area contributed by atoms with Crippen LogP contribution in [0.3, 0.4) is 0 Å². The number of hydrogen-bond donors (Lipinski definition) is 1. The van der Waals surface area contributed by atoms with Crippen molar-refractivity contribution in [1.29, 1.82) is 0 Å². The highest BCUT2D eigenvalue weighted by atomic mass is 31.2. The van der Waals surface area contributed by atoms with E-state index >= 15 is 0 Å². The van der Waals surface area contributed by atoms with Gasteiger partial charge in [0.05, 0.1) is 28.5 Å². The van der Waals surface area contributed by atoms with Crippen molar-refractivity contribution in [3.05, 3.63) is 101 Å². The monoisotopic (exact) mass is 539 g/mol. The molecule has 3 aliphatic rings. The molecule has 0 spiro atoms. The first-order chi connectivity index (χ1) is 18.8. The summed E-state index contributed by atoms with van der Waals surface area (Å²) in [6, 6.07) is 25.9. The molecular formula is C31H34N5O2P. The zero-order valence-corrected chi connectivity index (χ0v) is 23.6. The minimum atomic E-state index is -2.72. The van der Waals surface area contributed by atoms with Crippen molar-refractivity contribution < 1.29 is 9.90 Å². The predicted molar refractivity (Wildman–Crippen MR) is 160 cm³/mol. The van der Waals surface area contributed by atoms with Crippen molar-refractivity contribution in [2.24, 2.45) is 9.85 Å². The summed E-state index contributed by atoms with van der Waals surface area (Å²) >= 11 is 0. The zero-order valence-electron chi connectivity index (χ0n) is 22.7. The first-order valence-electron chi connectivity index (χ1n) is 13.5. The van der Waals surface area contributed by atoms with Crippen LogP contribution in [0.25, 0.3) is 0 Å². The highest BCUT2D eigenvalue weighted by Gasteiger charge is 2.49. The van der Waals surface area contributed by atoms with Crippen molar-refractivity contribution in [2.45, 2.75) is 38.5 Å². The number of hydrazone groups is 1. The second kappa shape index (κ2) is 9.82. The number of para-hydroxylation sites is 2. The quantitative estimate of drug-likeness (QED) is 0.344. The van der Waals surface area contributed by atoms with Crippen molar-refractivity contribution >= 4 is 36.6 Å². The van der Waals surface area contributed by atoms with Gasteiger partial charge < -0.3 is 10.0 Å². The fourth-order valence-electron chi connectivity index (χ4n) is 6.26. The summed E-state index contributed by atoms with van der Waals surface area (Å²) < 4.78 is 10.3. The van der Waals surface area contributed by atoms with E-state index in [-0.39, 0.29) is 11.0 Å². The molecule has 6 rings (SSSR count). The Bertz CT molecular complexity index is 1540. The van der Waals surface area contributed by atoms with Gasteiger partial charge in [0.15, 0.2) is 7.36 Å². The lowest BCUT2D eigenvalue weighted by molar-refractivity contribution is 0.0697. The fourth-order valence-corrected chi connectivity index (χ4v) is 10.2. The van der Waals surface area contributed by atoms with Gasteiger partial charge in [-0.2, -0.15) is 5.10 Å². The van der Waals surface area contributed by atoms with Gasteiger partial charge in [0.25, 0.3) is 0 Å². The second-order valence-electron chi connectivity index (χ2n) is 10.8. The van der Waals surface area contributed by atoms with Crippen LogP contribution in [-0.4, -0.2) is 42.1 Å². The summed E-state index contributed by atoms with van der Waals surface area (Å²) in [5.41, 5.74) is 5.29. The minimum absolute atomic E-state index is 0.236. The van der Waals surface area contributed by atoms with Crippen molar-refractivity contribution in [3.63, 3.8) is 0 Å². The predicted octanol–water partition coefficient (Wildman–Crippen LogP) is 7.68. The molecule has 1 fully saturated rings. The Morgan fingerprint density at radius 3 is 2.38 bits per heavy atom. The van der Waals surface area contributed by atoms with Crippen LogP contribution in [0, 0.1) is 0 Å². The molecule has 3 aromatic rings. The molecule has 1 atom stereocenters. The number of fused-ring (bicyclic) bond motifs is 1. The maximum Gasteiger partial charge on any atom is 0.335 e. The molecule has 200 valence electrons. The van der Waals surface area contributed by atoms with Gasteiger partial charge in [0.2, 0.25) is 0 Å². The number of nitrogens with zero attached hydrogens (tertiary/aromatic N) is 5. The lowest BCUT2D eigenvalue weighted by atomic mass is 9.84. The van der Waals surface area contributed by atoms with Crippen LogP contribution in [0.15, 0.2) is 99.7 Å². The average molecular weight is 540 g/mol. The summed E-state index contributed by atoms with van der Waals surface area (Å²) in [5, 5.41) is 16.0. The summed E-state index contributed by atoms with van der Waals surface area (Å²) in [6.07, 6.45) is 5.41. The molecule has 0 saturated carbocycles. The number of allylic oxidation sites excluding steroid dienone is 2. The molecule has 0 amide bonds. The van der Waals surface area contributed by atoms with E-state index in [0.29, 0.717) is 5.69 Å². The summed E-state index contributed by atoms with van der Waals surface area (Å²) in [4.78, 5) is 14.2. The summed E-state index contributed by atoms with van der Waals surface area (Å²) in [7, 11) is -0.573.